The van der Waals surface area contributed by atoms with Crippen LogP contribution in [-0.2, 0) is 5.54 Å². The summed E-state index contributed by atoms with van der Waals surface area (Å²) >= 11 is 0. The molecule has 3 heteroatoms. The number of hydrogen-bond acceptors (Lipinski definition) is 2. The van der Waals surface area contributed by atoms with E-state index in [2.05, 4.69) is 43.4 Å². The van der Waals surface area contributed by atoms with E-state index in [9.17, 15) is 4.79 Å². The molecule has 0 radical (unpaired) electrons. The lowest BCUT2D eigenvalue weighted by molar-refractivity contribution is 0.0883. The summed E-state index contributed by atoms with van der Waals surface area (Å²) in [6, 6.07) is 19.4. The van der Waals surface area contributed by atoms with E-state index < -0.39 is 5.54 Å². The largest absolute Gasteiger partial charge is 0.287 e. The van der Waals surface area contributed by atoms with Crippen LogP contribution in [0, 0.1) is 5.92 Å². The minimum absolute atomic E-state index is 0.143. The molecule has 0 aliphatic heterocycles. The lowest BCUT2D eigenvalue weighted by atomic mass is 9.77. The first-order valence-corrected chi connectivity index (χ1v) is 7.94. The van der Waals surface area contributed by atoms with Crippen LogP contribution in [0.25, 0.3) is 0 Å². The first-order valence-electron chi connectivity index (χ1n) is 7.94. The number of amides is 1. The standard InChI is InChI=1S/C20H24N2O/c1-4-16(3)20(5-2,18-14-10-7-11-15-18)22-21-19(23)17-12-8-6-9-13-17/h4,6-16,22H,1,5H2,2-3H3,(H,21,23)/t16-,20+/m1/s1. The average molecular weight is 308 g/mol. The summed E-state index contributed by atoms with van der Waals surface area (Å²) in [5.41, 5.74) is 7.51. The molecule has 0 bridgehead atoms. The average Bonchev–Trinajstić information content (AvgIpc) is 2.63. The number of rotatable bonds is 7. The van der Waals surface area contributed by atoms with E-state index in [-0.39, 0.29) is 11.8 Å². The van der Waals surface area contributed by atoms with Crippen molar-refractivity contribution >= 4 is 5.91 Å². The maximum absolute atomic E-state index is 12.4. The SMILES string of the molecule is C=C[C@@H](C)[C@](CC)(NNC(=O)c1ccccc1)c1ccccc1. The summed E-state index contributed by atoms with van der Waals surface area (Å²) in [6.07, 6.45) is 2.73. The van der Waals surface area contributed by atoms with Crippen molar-refractivity contribution in [2.75, 3.05) is 0 Å². The van der Waals surface area contributed by atoms with Gasteiger partial charge in [0.05, 0.1) is 5.54 Å². The van der Waals surface area contributed by atoms with E-state index in [1.807, 2.05) is 42.5 Å². The Morgan fingerprint density at radius 2 is 1.70 bits per heavy atom. The summed E-state index contributed by atoms with van der Waals surface area (Å²) in [6.45, 7) is 8.14. The van der Waals surface area contributed by atoms with Gasteiger partial charge in [-0.1, -0.05) is 68.5 Å². The first-order chi connectivity index (χ1) is 11.1. The number of carbonyl (C=O) groups is 1. The summed E-state index contributed by atoms with van der Waals surface area (Å²) < 4.78 is 0. The molecular formula is C20H24N2O. The van der Waals surface area contributed by atoms with E-state index in [0.29, 0.717) is 5.56 Å². The Morgan fingerprint density at radius 3 is 2.22 bits per heavy atom. The van der Waals surface area contributed by atoms with Crippen molar-refractivity contribution in [3.63, 3.8) is 0 Å². The van der Waals surface area contributed by atoms with E-state index in [0.717, 1.165) is 12.0 Å². The Morgan fingerprint density at radius 1 is 1.13 bits per heavy atom. The molecular weight excluding hydrogens is 284 g/mol. The van der Waals surface area contributed by atoms with Gasteiger partial charge in [-0.2, -0.15) is 0 Å². The third kappa shape index (κ3) is 3.69. The zero-order valence-electron chi connectivity index (χ0n) is 13.8. The molecule has 0 aliphatic rings. The molecule has 0 saturated heterocycles. The quantitative estimate of drug-likeness (QED) is 0.598. The van der Waals surface area contributed by atoms with Crippen LogP contribution in [0.5, 0.6) is 0 Å². The minimum atomic E-state index is -0.395. The molecule has 0 aliphatic carbocycles. The zero-order valence-corrected chi connectivity index (χ0v) is 13.8. The van der Waals surface area contributed by atoms with Crippen molar-refractivity contribution in [1.29, 1.82) is 0 Å². The molecule has 120 valence electrons. The van der Waals surface area contributed by atoms with E-state index in [1.165, 1.54) is 0 Å². The van der Waals surface area contributed by atoms with Gasteiger partial charge in [0.25, 0.3) is 5.91 Å². The maximum Gasteiger partial charge on any atom is 0.265 e. The zero-order chi connectivity index (χ0) is 16.7. The van der Waals surface area contributed by atoms with Crippen LogP contribution < -0.4 is 10.9 Å². The number of benzene rings is 2. The van der Waals surface area contributed by atoms with Crippen LogP contribution in [0.2, 0.25) is 0 Å². The van der Waals surface area contributed by atoms with E-state index in [1.54, 1.807) is 12.1 Å². The first kappa shape index (κ1) is 17.0. The molecule has 2 rings (SSSR count). The highest BCUT2D eigenvalue weighted by Crippen LogP contribution is 2.33. The fourth-order valence-electron chi connectivity index (χ4n) is 2.83. The molecule has 0 saturated carbocycles. The van der Waals surface area contributed by atoms with E-state index in [4.69, 9.17) is 0 Å². The van der Waals surface area contributed by atoms with Crippen LogP contribution in [0.1, 0.15) is 36.2 Å². The van der Waals surface area contributed by atoms with Crippen molar-refractivity contribution in [2.24, 2.45) is 5.92 Å². The molecule has 1 amide bonds. The smallest absolute Gasteiger partial charge is 0.265 e. The van der Waals surface area contributed by atoms with Gasteiger partial charge in [0.15, 0.2) is 0 Å². The number of nitrogens with one attached hydrogen (secondary N) is 2. The Kier molecular flexibility index (Phi) is 5.72. The summed E-state index contributed by atoms with van der Waals surface area (Å²) in [7, 11) is 0. The van der Waals surface area contributed by atoms with Crippen LogP contribution in [0.15, 0.2) is 73.3 Å². The fourth-order valence-corrected chi connectivity index (χ4v) is 2.83. The molecule has 0 spiro atoms. The lowest BCUT2D eigenvalue weighted by Crippen LogP contribution is -2.55. The van der Waals surface area contributed by atoms with Crippen molar-refractivity contribution in [3.8, 4) is 0 Å². The van der Waals surface area contributed by atoms with E-state index >= 15 is 0 Å². The molecule has 2 aromatic carbocycles. The molecule has 2 N–H and O–H groups in total. The second-order valence-electron chi connectivity index (χ2n) is 5.66. The molecule has 0 unspecified atom stereocenters. The maximum atomic E-state index is 12.4. The van der Waals surface area contributed by atoms with Crippen LogP contribution in [0.4, 0.5) is 0 Å². The Labute approximate surface area is 138 Å². The predicted octanol–water partition coefficient (Wildman–Crippen LogP) is 4.05. The molecule has 3 nitrogen and oxygen atoms in total. The minimum Gasteiger partial charge on any atom is -0.287 e. The molecule has 0 heterocycles. The lowest BCUT2D eigenvalue weighted by Gasteiger charge is -2.38. The normalized spacial score (nSPS) is 14.5. The van der Waals surface area contributed by atoms with Gasteiger partial charge >= 0.3 is 0 Å². The molecule has 0 fully saturated rings. The molecule has 2 atom stereocenters. The van der Waals surface area contributed by atoms with Gasteiger partial charge in [-0.05, 0) is 30.0 Å². The summed E-state index contributed by atoms with van der Waals surface area (Å²) in [5.74, 6) is 0.00147. The summed E-state index contributed by atoms with van der Waals surface area (Å²) in [5, 5.41) is 0. The number of hydrazine groups is 1. The van der Waals surface area contributed by atoms with Crippen LogP contribution in [0.3, 0.4) is 0 Å². The van der Waals surface area contributed by atoms with Gasteiger partial charge in [-0.15, -0.1) is 6.58 Å². The molecule has 2 aromatic rings. The summed E-state index contributed by atoms with van der Waals surface area (Å²) in [4.78, 5) is 12.4. The van der Waals surface area contributed by atoms with Gasteiger partial charge in [0, 0.05) is 5.56 Å². The monoisotopic (exact) mass is 308 g/mol. The van der Waals surface area contributed by atoms with Crippen LogP contribution >= 0.6 is 0 Å². The fraction of sp³-hybridized carbons (Fsp3) is 0.250. The van der Waals surface area contributed by atoms with Crippen molar-refractivity contribution in [1.82, 2.24) is 10.9 Å². The highest BCUT2D eigenvalue weighted by Gasteiger charge is 2.35. The third-order valence-corrected chi connectivity index (χ3v) is 4.41. The second-order valence-corrected chi connectivity index (χ2v) is 5.66. The van der Waals surface area contributed by atoms with Gasteiger partial charge in [-0.3, -0.25) is 10.2 Å². The second kappa shape index (κ2) is 7.75. The topological polar surface area (TPSA) is 41.1 Å². The van der Waals surface area contributed by atoms with Crippen LogP contribution in [-0.4, -0.2) is 5.91 Å². The van der Waals surface area contributed by atoms with Gasteiger partial charge < -0.3 is 0 Å². The third-order valence-electron chi connectivity index (χ3n) is 4.41. The Bertz CT molecular complexity index is 639. The Balaban J connectivity index is 2.25. The molecule has 0 aromatic heterocycles. The van der Waals surface area contributed by atoms with Gasteiger partial charge in [0.1, 0.15) is 0 Å². The number of hydrogen-bond donors (Lipinski definition) is 2. The van der Waals surface area contributed by atoms with Gasteiger partial charge in [0.2, 0.25) is 0 Å². The molecule has 23 heavy (non-hydrogen) atoms. The van der Waals surface area contributed by atoms with Crippen molar-refractivity contribution < 1.29 is 4.79 Å². The van der Waals surface area contributed by atoms with Crippen molar-refractivity contribution in [2.45, 2.75) is 25.8 Å². The van der Waals surface area contributed by atoms with Crippen molar-refractivity contribution in [3.05, 3.63) is 84.4 Å². The highest BCUT2D eigenvalue weighted by atomic mass is 16.2. The highest BCUT2D eigenvalue weighted by molar-refractivity contribution is 5.93. The van der Waals surface area contributed by atoms with Gasteiger partial charge in [-0.25, -0.2) is 5.43 Å². The Hall–Kier alpha value is -2.39. The number of carbonyl (C=O) groups excluding carboxylic acids is 1. The predicted molar refractivity (Wildman–Crippen MR) is 94.8 cm³/mol.